The lowest BCUT2D eigenvalue weighted by molar-refractivity contribution is 0.230. The third kappa shape index (κ3) is 6.17. The number of rotatable bonds is 8. The molecule has 1 heterocycles. The Labute approximate surface area is 162 Å². The van der Waals surface area contributed by atoms with E-state index in [2.05, 4.69) is 53.7 Å². The van der Waals surface area contributed by atoms with Crippen molar-refractivity contribution in [2.75, 3.05) is 37.7 Å². The first-order valence-corrected chi connectivity index (χ1v) is 9.75. The molecule has 6 nitrogen and oxygen atoms in total. The minimum atomic E-state index is -0.235. The molecule has 150 valence electrons. The molecule has 2 rings (SSSR count). The van der Waals surface area contributed by atoms with Crippen molar-refractivity contribution in [3.05, 3.63) is 36.4 Å². The molecule has 0 spiro atoms. The number of ether oxygens (including phenoxy) is 1. The van der Waals surface area contributed by atoms with E-state index in [4.69, 9.17) is 9.84 Å². The molecule has 1 aliphatic rings. The molecular weight excluding hydrogens is 342 g/mol. The average molecular weight is 376 g/mol. The van der Waals surface area contributed by atoms with Gasteiger partial charge in [0.05, 0.1) is 13.2 Å². The van der Waals surface area contributed by atoms with E-state index in [0.717, 1.165) is 30.8 Å². The van der Waals surface area contributed by atoms with Gasteiger partial charge in [-0.05, 0) is 49.4 Å². The molecule has 0 saturated carbocycles. The number of aliphatic hydroxyl groups is 1. The first-order valence-electron chi connectivity index (χ1n) is 9.75. The molecular formula is C21H33N3O3. The van der Waals surface area contributed by atoms with Gasteiger partial charge in [0.1, 0.15) is 5.75 Å². The molecule has 0 radical (unpaired) electrons. The number of urea groups is 1. The Hall–Kier alpha value is -2.21. The second-order valence-electron chi connectivity index (χ2n) is 7.45. The van der Waals surface area contributed by atoms with Crippen molar-refractivity contribution in [1.29, 1.82) is 0 Å². The summed E-state index contributed by atoms with van der Waals surface area (Å²) in [5, 5.41) is 14.3. The van der Waals surface area contributed by atoms with Crippen LogP contribution in [0.2, 0.25) is 0 Å². The van der Waals surface area contributed by atoms with Gasteiger partial charge in [0.25, 0.3) is 0 Å². The van der Waals surface area contributed by atoms with Gasteiger partial charge in [-0.25, -0.2) is 4.79 Å². The fraction of sp³-hybridized carbons (Fsp3) is 0.571. The van der Waals surface area contributed by atoms with Crippen molar-refractivity contribution in [3.63, 3.8) is 0 Å². The van der Waals surface area contributed by atoms with Gasteiger partial charge in [0.2, 0.25) is 0 Å². The molecule has 0 bridgehead atoms. The maximum atomic E-state index is 11.8. The van der Waals surface area contributed by atoms with Crippen molar-refractivity contribution >= 4 is 11.7 Å². The van der Waals surface area contributed by atoms with Crippen LogP contribution in [-0.4, -0.2) is 50.0 Å². The number of benzene rings is 1. The highest BCUT2D eigenvalue weighted by Gasteiger charge is 2.34. The van der Waals surface area contributed by atoms with Crippen molar-refractivity contribution < 1.29 is 14.6 Å². The largest absolute Gasteiger partial charge is 0.494 e. The predicted molar refractivity (Wildman–Crippen MR) is 109 cm³/mol. The predicted octanol–water partition coefficient (Wildman–Crippen LogP) is 2.93. The molecule has 3 N–H and O–H groups in total. The first-order chi connectivity index (χ1) is 13.0. The Morgan fingerprint density at radius 3 is 2.59 bits per heavy atom. The highest BCUT2D eigenvalue weighted by Crippen LogP contribution is 2.36. The molecule has 0 aromatic heterocycles. The molecule has 0 fully saturated rings. The lowest BCUT2D eigenvalue weighted by Gasteiger charge is -2.42. The van der Waals surface area contributed by atoms with E-state index in [0.29, 0.717) is 13.2 Å². The zero-order valence-corrected chi connectivity index (χ0v) is 16.7. The standard InChI is InChI=1S/C21H33N3O3/c1-4-27-18-9-7-17(8-10-18)24-15-6-5-12-21(2,3)19(24)11-13-22-20(26)23-14-16-25/h5-10,19,25H,4,11-16H2,1-3H3,(H2,22,23,26)/t19-/m0/s1. The summed E-state index contributed by atoms with van der Waals surface area (Å²) in [6, 6.07) is 8.28. The Bertz CT molecular complexity index is 614. The molecule has 1 aromatic rings. The van der Waals surface area contributed by atoms with Crippen LogP contribution >= 0.6 is 0 Å². The van der Waals surface area contributed by atoms with E-state index in [1.807, 2.05) is 19.1 Å². The molecule has 0 unspecified atom stereocenters. The fourth-order valence-electron chi connectivity index (χ4n) is 3.55. The lowest BCUT2D eigenvalue weighted by atomic mass is 9.79. The number of allylic oxidation sites excluding steroid dienone is 1. The monoisotopic (exact) mass is 375 g/mol. The number of nitrogens with one attached hydrogen (secondary N) is 2. The van der Waals surface area contributed by atoms with E-state index in [9.17, 15) is 4.79 Å². The highest BCUT2D eigenvalue weighted by atomic mass is 16.5. The molecule has 0 aliphatic carbocycles. The Morgan fingerprint density at radius 2 is 1.93 bits per heavy atom. The fourth-order valence-corrected chi connectivity index (χ4v) is 3.55. The van der Waals surface area contributed by atoms with Gasteiger partial charge in [0, 0.05) is 31.4 Å². The van der Waals surface area contributed by atoms with Crippen molar-refractivity contribution in [1.82, 2.24) is 10.6 Å². The van der Waals surface area contributed by atoms with E-state index < -0.39 is 0 Å². The van der Waals surface area contributed by atoms with Crippen molar-refractivity contribution in [3.8, 4) is 5.75 Å². The van der Waals surface area contributed by atoms with E-state index in [1.54, 1.807) is 0 Å². The van der Waals surface area contributed by atoms with Crippen molar-refractivity contribution in [2.24, 2.45) is 5.41 Å². The smallest absolute Gasteiger partial charge is 0.314 e. The maximum Gasteiger partial charge on any atom is 0.314 e. The second kappa shape index (κ2) is 10.2. The minimum absolute atomic E-state index is 0.0553. The second-order valence-corrected chi connectivity index (χ2v) is 7.45. The number of hydrogen-bond acceptors (Lipinski definition) is 4. The summed E-state index contributed by atoms with van der Waals surface area (Å²) < 4.78 is 5.56. The number of amides is 2. The number of anilines is 1. The number of carbonyl (C=O) groups excluding carboxylic acids is 1. The van der Waals surface area contributed by atoms with Gasteiger partial charge in [-0.1, -0.05) is 26.0 Å². The Kier molecular flexibility index (Phi) is 7.98. The molecule has 2 amide bonds. The van der Waals surface area contributed by atoms with Crippen LogP contribution in [0.5, 0.6) is 5.75 Å². The highest BCUT2D eigenvalue weighted by molar-refractivity contribution is 5.73. The number of nitrogens with zero attached hydrogens (tertiary/aromatic N) is 1. The van der Waals surface area contributed by atoms with Gasteiger partial charge in [-0.15, -0.1) is 0 Å². The van der Waals surface area contributed by atoms with Crippen LogP contribution in [0.15, 0.2) is 36.4 Å². The summed E-state index contributed by atoms with van der Waals surface area (Å²) in [4.78, 5) is 14.2. The number of aliphatic hydroxyl groups excluding tert-OH is 1. The van der Waals surface area contributed by atoms with Crippen molar-refractivity contribution in [2.45, 2.75) is 39.7 Å². The van der Waals surface area contributed by atoms with E-state index in [1.165, 1.54) is 0 Å². The van der Waals surface area contributed by atoms with E-state index >= 15 is 0 Å². The van der Waals surface area contributed by atoms with Crippen LogP contribution < -0.4 is 20.3 Å². The van der Waals surface area contributed by atoms with E-state index in [-0.39, 0.29) is 30.6 Å². The molecule has 27 heavy (non-hydrogen) atoms. The van der Waals surface area contributed by atoms with Gasteiger partial charge >= 0.3 is 6.03 Å². The van der Waals surface area contributed by atoms with Crippen LogP contribution in [0.3, 0.4) is 0 Å². The first kappa shape index (κ1) is 21.1. The molecule has 1 aliphatic heterocycles. The third-order valence-corrected chi connectivity index (χ3v) is 4.97. The summed E-state index contributed by atoms with van der Waals surface area (Å²) >= 11 is 0. The van der Waals surface area contributed by atoms with Gasteiger partial charge < -0.3 is 25.4 Å². The quantitative estimate of drug-likeness (QED) is 0.611. The zero-order valence-electron chi connectivity index (χ0n) is 16.7. The van der Waals surface area contributed by atoms with Crippen LogP contribution in [0.4, 0.5) is 10.5 Å². The summed E-state index contributed by atoms with van der Waals surface area (Å²) in [6.07, 6.45) is 6.32. The Morgan fingerprint density at radius 1 is 1.22 bits per heavy atom. The normalized spacial score (nSPS) is 18.7. The summed E-state index contributed by atoms with van der Waals surface area (Å²) in [5.41, 5.74) is 1.24. The minimum Gasteiger partial charge on any atom is -0.494 e. The summed E-state index contributed by atoms with van der Waals surface area (Å²) in [5.74, 6) is 0.879. The van der Waals surface area contributed by atoms with Crippen LogP contribution in [-0.2, 0) is 0 Å². The Balaban J connectivity index is 2.09. The topological polar surface area (TPSA) is 73.8 Å². The van der Waals surface area contributed by atoms with Crippen LogP contribution in [0.1, 0.15) is 33.6 Å². The molecule has 1 aromatic carbocycles. The van der Waals surface area contributed by atoms with Gasteiger partial charge in [0.15, 0.2) is 0 Å². The number of hydrogen-bond donors (Lipinski definition) is 3. The summed E-state index contributed by atoms with van der Waals surface area (Å²) in [6.45, 7) is 8.84. The van der Waals surface area contributed by atoms with Gasteiger partial charge in [-0.3, -0.25) is 0 Å². The summed E-state index contributed by atoms with van der Waals surface area (Å²) in [7, 11) is 0. The number of carbonyl (C=O) groups is 1. The molecule has 6 heteroatoms. The van der Waals surface area contributed by atoms with Crippen LogP contribution in [0.25, 0.3) is 0 Å². The van der Waals surface area contributed by atoms with Crippen LogP contribution in [0, 0.1) is 5.41 Å². The SMILES string of the molecule is CCOc1ccc(N2CC=CCC(C)(C)[C@@H]2CCNC(=O)NCCO)cc1. The molecule has 0 saturated heterocycles. The maximum absolute atomic E-state index is 11.8. The van der Waals surface area contributed by atoms with Gasteiger partial charge in [-0.2, -0.15) is 0 Å². The average Bonchev–Trinajstić information content (AvgIpc) is 2.79. The molecule has 1 atom stereocenters. The third-order valence-electron chi connectivity index (χ3n) is 4.97. The zero-order chi connectivity index (χ0) is 19.7. The lowest BCUT2D eigenvalue weighted by Crippen LogP contribution is -2.47.